The normalized spacial score (nSPS) is 16.4. The predicted molar refractivity (Wildman–Crippen MR) is 104 cm³/mol. The molecule has 1 amide bonds. The first-order valence-electron chi connectivity index (χ1n) is 8.40. The van der Waals surface area contributed by atoms with Gasteiger partial charge >= 0.3 is 0 Å². The molecule has 25 heavy (non-hydrogen) atoms. The summed E-state index contributed by atoms with van der Waals surface area (Å²) in [5, 5.41) is 13.7. The lowest BCUT2D eigenvalue weighted by molar-refractivity contribution is -0.111. The van der Waals surface area contributed by atoms with Crippen molar-refractivity contribution < 1.29 is 4.79 Å². The average molecular weight is 371 g/mol. The van der Waals surface area contributed by atoms with Gasteiger partial charge in [0.05, 0.1) is 5.56 Å². The summed E-state index contributed by atoms with van der Waals surface area (Å²) in [5.74, 6) is 0.461. The van der Waals surface area contributed by atoms with Crippen LogP contribution in [0.15, 0.2) is 30.3 Å². The summed E-state index contributed by atoms with van der Waals surface area (Å²) >= 11 is 7.40. The topological polar surface area (TPSA) is 52.9 Å². The van der Waals surface area contributed by atoms with E-state index in [1.165, 1.54) is 11.0 Å². The van der Waals surface area contributed by atoms with Crippen molar-refractivity contribution in [3.63, 3.8) is 0 Å². The number of rotatable bonds is 4. The van der Waals surface area contributed by atoms with Gasteiger partial charge < -0.3 is 5.32 Å². The third-order valence-corrected chi connectivity index (χ3v) is 6.01. The number of carbonyl (C=O) groups excluding carboxylic acids is 1. The average Bonchev–Trinajstić information content (AvgIpc) is 2.97. The highest BCUT2D eigenvalue weighted by molar-refractivity contribution is 7.16. The molecule has 1 aliphatic carbocycles. The van der Waals surface area contributed by atoms with Crippen molar-refractivity contribution in [2.45, 2.75) is 32.6 Å². The Balaban J connectivity index is 1.74. The number of nitrogens with zero attached hydrogens (tertiary/aromatic N) is 1. The number of nitrogens with one attached hydrogen (secondary N) is 1. The van der Waals surface area contributed by atoms with Crippen LogP contribution in [0.4, 0.5) is 5.00 Å². The monoisotopic (exact) mass is 370 g/mol. The van der Waals surface area contributed by atoms with Gasteiger partial charge in [0.15, 0.2) is 0 Å². The van der Waals surface area contributed by atoms with Gasteiger partial charge in [0.1, 0.15) is 11.1 Å². The molecule has 1 aliphatic rings. The summed E-state index contributed by atoms with van der Waals surface area (Å²) in [6.45, 7) is 2.21. The molecule has 0 bridgehead atoms. The Kier molecular flexibility index (Phi) is 5.57. The second-order valence-electron chi connectivity index (χ2n) is 6.21. The number of anilines is 1. The van der Waals surface area contributed by atoms with Crippen molar-refractivity contribution >= 4 is 39.9 Å². The molecule has 2 aromatic rings. The zero-order valence-electron chi connectivity index (χ0n) is 14.0. The molecule has 0 aliphatic heterocycles. The third kappa shape index (κ3) is 4.12. The van der Waals surface area contributed by atoms with Gasteiger partial charge in [-0.05, 0) is 54.5 Å². The standard InChI is InChI=1S/C20H19ClN2OS/c1-2-13-5-9-16-17(12-22)20(25-18(16)11-13)23-19(24)10-6-14-3-7-15(21)8-4-14/h3-4,6-8,10,13H,2,5,9,11H2,1H3,(H,23,24). The summed E-state index contributed by atoms with van der Waals surface area (Å²) < 4.78 is 0. The van der Waals surface area contributed by atoms with Crippen LogP contribution in [0.25, 0.3) is 6.08 Å². The fraction of sp³-hybridized carbons (Fsp3) is 0.300. The summed E-state index contributed by atoms with van der Waals surface area (Å²) in [5.41, 5.74) is 2.67. The minimum atomic E-state index is -0.225. The van der Waals surface area contributed by atoms with E-state index < -0.39 is 0 Å². The van der Waals surface area contributed by atoms with Crippen molar-refractivity contribution in [3.05, 3.63) is 56.9 Å². The summed E-state index contributed by atoms with van der Waals surface area (Å²) in [4.78, 5) is 13.5. The van der Waals surface area contributed by atoms with E-state index in [1.807, 2.05) is 12.1 Å². The summed E-state index contributed by atoms with van der Waals surface area (Å²) in [7, 11) is 0. The van der Waals surface area contributed by atoms with Crippen LogP contribution in [0.2, 0.25) is 5.02 Å². The van der Waals surface area contributed by atoms with E-state index >= 15 is 0 Å². The van der Waals surface area contributed by atoms with Crippen molar-refractivity contribution in [3.8, 4) is 6.07 Å². The van der Waals surface area contributed by atoms with Crippen molar-refractivity contribution in [2.24, 2.45) is 5.92 Å². The van der Waals surface area contributed by atoms with Crippen LogP contribution in [0, 0.1) is 17.2 Å². The van der Waals surface area contributed by atoms with Crippen molar-refractivity contribution in [1.82, 2.24) is 0 Å². The highest BCUT2D eigenvalue weighted by Gasteiger charge is 2.25. The zero-order valence-corrected chi connectivity index (χ0v) is 15.6. The lowest BCUT2D eigenvalue weighted by Crippen LogP contribution is -2.12. The fourth-order valence-electron chi connectivity index (χ4n) is 3.11. The Morgan fingerprint density at radius 3 is 2.88 bits per heavy atom. The Morgan fingerprint density at radius 1 is 1.44 bits per heavy atom. The molecule has 3 nitrogen and oxygen atoms in total. The van der Waals surface area contributed by atoms with Crippen LogP contribution < -0.4 is 5.32 Å². The minimum Gasteiger partial charge on any atom is -0.313 e. The minimum absolute atomic E-state index is 0.225. The van der Waals surface area contributed by atoms with Gasteiger partial charge in [-0.3, -0.25) is 4.79 Å². The van der Waals surface area contributed by atoms with E-state index in [-0.39, 0.29) is 5.91 Å². The smallest absolute Gasteiger partial charge is 0.249 e. The van der Waals surface area contributed by atoms with Crippen LogP contribution in [0.3, 0.4) is 0 Å². The second-order valence-corrected chi connectivity index (χ2v) is 7.75. The van der Waals surface area contributed by atoms with Crippen LogP contribution in [0.5, 0.6) is 0 Å². The van der Waals surface area contributed by atoms with E-state index in [4.69, 9.17) is 11.6 Å². The number of hydrogen-bond acceptors (Lipinski definition) is 3. The van der Waals surface area contributed by atoms with Gasteiger partial charge in [0.25, 0.3) is 0 Å². The lowest BCUT2D eigenvalue weighted by Gasteiger charge is -2.20. The van der Waals surface area contributed by atoms with E-state index in [2.05, 4.69) is 18.3 Å². The van der Waals surface area contributed by atoms with Crippen molar-refractivity contribution in [2.75, 3.05) is 5.32 Å². The number of hydrogen-bond donors (Lipinski definition) is 1. The number of carbonyl (C=O) groups is 1. The van der Waals surface area contributed by atoms with E-state index in [1.54, 1.807) is 29.5 Å². The molecular formula is C20H19ClN2OS. The number of thiophene rings is 1. The number of amides is 1. The molecule has 0 fully saturated rings. The molecule has 1 aromatic carbocycles. The largest absolute Gasteiger partial charge is 0.313 e. The maximum Gasteiger partial charge on any atom is 0.249 e. The molecule has 1 heterocycles. The van der Waals surface area contributed by atoms with Crippen LogP contribution >= 0.6 is 22.9 Å². The quantitative estimate of drug-likeness (QED) is 0.728. The molecule has 5 heteroatoms. The second kappa shape index (κ2) is 7.86. The Bertz CT molecular complexity index is 846. The maximum atomic E-state index is 12.2. The van der Waals surface area contributed by atoms with Gasteiger partial charge in [0.2, 0.25) is 5.91 Å². The van der Waals surface area contributed by atoms with Gasteiger partial charge in [-0.2, -0.15) is 5.26 Å². The highest BCUT2D eigenvalue weighted by Crippen LogP contribution is 2.39. The SMILES string of the molecule is CCC1CCc2c(sc(NC(=O)C=Cc3ccc(Cl)cc3)c2C#N)C1. The van der Waals surface area contributed by atoms with Crippen molar-refractivity contribution in [1.29, 1.82) is 5.26 Å². The molecule has 3 rings (SSSR count). The number of benzene rings is 1. The summed E-state index contributed by atoms with van der Waals surface area (Å²) in [6.07, 6.45) is 7.45. The fourth-order valence-corrected chi connectivity index (χ4v) is 4.55. The maximum absolute atomic E-state index is 12.2. The number of nitriles is 1. The molecule has 1 aromatic heterocycles. The summed E-state index contributed by atoms with van der Waals surface area (Å²) in [6, 6.07) is 9.54. The molecular weight excluding hydrogens is 352 g/mol. The van der Waals surface area contributed by atoms with E-state index in [0.29, 0.717) is 21.5 Å². The molecule has 1 N–H and O–H groups in total. The van der Waals surface area contributed by atoms with Crippen LogP contribution in [-0.2, 0) is 17.6 Å². The molecule has 1 unspecified atom stereocenters. The molecule has 0 spiro atoms. The molecule has 128 valence electrons. The van der Waals surface area contributed by atoms with Crippen LogP contribution in [-0.4, -0.2) is 5.91 Å². The molecule has 0 saturated heterocycles. The van der Waals surface area contributed by atoms with E-state index in [0.717, 1.165) is 36.8 Å². The molecule has 1 atom stereocenters. The van der Waals surface area contributed by atoms with Gasteiger partial charge in [-0.15, -0.1) is 11.3 Å². The van der Waals surface area contributed by atoms with Gasteiger partial charge in [-0.1, -0.05) is 37.1 Å². The molecule has 0 radical (unpaired) electrons. The van der Waals surface area contributed by atoms with E-state index in [9.17, 15) is 10.1 Å². The zero-order chi connectivity index (χ0) is 17.8. The van der Waals surface area contributed by atoms with Gasteiger partial charge in [-0.25, -0.2) is 0 Å². The first-order chi connectivity index (χ1) is 12.1. The number of halogens is 1. The first-order valence-corrected chi connectivity index (χ1v) is 9.59. The Labute approximate surface area is 156 Å². The predicted octanol–water partition coefficient (Wildman–Crippen LogP) is 5.44. The highest BCUT2D eigenvalue weighted by atomic mass is 35.5. The Hall–Kier alpha value is -2.09. The third-order valence-electron chi connectivity index (χ3n) is 4.59. The molecule has 0 saturated carbocycles. The first kappa shape index (κ1) is 17.7. The number of fused-ring (bicyclic) bond motifs is 1. The van der Waals surface area contributed by atoms with Crippen LogP contribution in [0.1, 0.15) is 41.3 Å². The Morgan fingerprint density at radius 2 is 2.20 bits per heavy atom. The van der Waals surface area contributed by atoms with Gasteiger partial charge in [0, 0.05) is 16.0 Å². The lowest BCUT2D eigenvalue weighted by atomic mass is 9.86.